The van der Waals surface area contributed by atoms with Gasteiger partial charge in [-0.15, -0.1) is 0 Å². The first-order valence-corrected chi connectivity index (χ1v) is 9.25. The van der Waals surface area contributed by atoms with E-state index in [-0.39, 0.29) is 18.9 Å². The number of benzene rings is 2. The lowest BCUT2D eigenvalue weighted by Gasteiger charge is -2.18. The minimum absolute atomic E-state index is 0.119. The summed E-state index contributed by atoms with van der Waals surface area (Å²) in [7, 11) is 1.56. The third kappa shape index (κ3) is 6.70. The van der Waals surface area contributed by atoms with E-state index in [1.54, 1.807) is 7.05 Å². The van der Waals surface area contributed by atoms with Crippen molar-refractivity contribution in [2.24, 2.45) is 0 Å². The molecule has 2 atom stereocenters. The maximum Gasteiger partial charge on any atom is 0.279 e. The summed E-state index contributed by atoms with van der Waals surface area (Å²) < 4.78 is 39.8. The van der Waals surface area contributed by atoms with Gasteiger partial charge < -0.3 is 15.5 Å². The van der Waals surface area contributed by atoms with E-state index in [0.29, 0.717) is 17.4 Å². The van der Waals surface area contributed by atoms with Crippen molar-refractivity contribution in [1.82, 2.24) is 5.32 Å². The van der Waals surface area contributed by atoms with Crippen molar-refractivity contribution in [3.8, 4) is 0 Å². The second-order valence-electron chi connectivity index (χ2n) is 7.00. The van der Waals surface area contributed by atoms with Gasteiger partial charge in [0.05, 0.1) is 18.8 Å². The van der Waals surface area contributed by atoms with Gasteiger partial charge in [-0.05, 0) is 31.0 Å². The van der Waals surface area contributed by atoms with Crippen LogP contribution in [0.15, 0.2) is 42.5 Å². The summed E-state index contributed by atoms with van der Waals surface area (Å²) in [5.74, 6) is -5.85. The largest absolute Gasteiger partial charge is 0.341 e. The highest BCUT2D eigenvalue weighted by molar-refractivity contribution is 5.92. The molecule has 9 heteroatoms. The van der Waals surface area contributed by atoms with Crippen molar-refractivity contribution >= 4 is 23.3 Å². The van der Waals surface area contributed by atoms with Gasteiger partial charge in [-0.2, -0.15) is 0 Å². The van der Waals surface area contributed by atoms with Crippen LogP contribution in [0.4, 0.5) is 18.9 Å². The number of quaternary nitrogens is 1. The van der Waals surface area contributed by atoms with Crippen molar-refractivity contribution in [2.75, 3.05) is 25.5 Å². The molecule has 0 saturated heterocycles. The molecule has 30 heavy (non-hydrogen) atoms. The lowest BCUT2D eigenvalue weighted by molar-refractivity contribution is -0.862. The Balaban J connectivity index is 1.87. The summed E-state index contributed by atoms with van der Waals surface area (Å²) in [4.78, 5) is 36.6. The highest BCUT2D eigenvalue weighted by Gasteiger charge is 2.22. The van der Waals surface area contributed by atoms with Crippen molar-refractivity contribution in [3.05, 3.63) is 65.5 Å². The van der Waals surface area contributed by atoms with Crippen molar-refractivity contribution in [1.29, 1.82) is 0 Å². The Kier molecular flexibility index (Phi) is 8.11. The predicted molar refractivity (Wildman–Crippen MR) is 104 cm³/mol. The van der Waals surface area contributed by atoms with Crippen LogP contribution in [0.25, 0.3) is 0 Å². The molecular formula is C21H23F3N3O3+. The molecule has 0 spiro atoms. The summed E-state index contributed by atoms with van der Waals surface area (Å²) in [6.07, 6.45) is 0.344. The molecule has 6 nitrogen and oxygen atoms in total. The van der Waals surface area contributed by atoms with Gasteiger partial charge in [0.25, 0.3) is 11.8 Å². The molecule has 3 N–H and O–H groups in total. The van der Waals surface area contributed by atoms with E-state index in [9.17, 15) is 27.6 Å². The number of carbonyl (C=O) groups excluding carboxylic acids is 3. The number of Topliss-reactive ketones (excluding diaryl/α,β-unsaturated/α-hetero) is 1. The molecule has 0 aromatic heterocycles. The Morgan fingerprint density at radius 1 is 0.933 bits per heavy atom. The van der Waals surface area contributed by atoms with E-state index in [4.69, 9.17) is 0 Å². The number of amides is 2. The SMILES string of the molecule is CC(=O)[C@@H](Cc1ccccc1)NC(=O)C[NH+](C)CC(=O)Nc1ccc(F)c(F)c1F. The summed E-state index contributed by atoms with van der Waals surface area (Å²) in [6.45, 7) is 1.04. The fourth-order valence-electron chi connectivity index (χ4n) is 2.82. The Hall–Kier alpha value is -3.20. The normalized spacial score (nSPS) is 12.7. The number of likely N-dealkylation sites (N-methyl/N-ethyl adjacent to an activating group) is 1. The number of ketones is 1. The van der Waals surface area contributed by atoms with E-state index in [2.05, 4.69) is 10.6 Å². The second-order valence-corrected chi connectivity index (χ2v) is 7.00. The molecule has 160 valence electrons. The molecule has 0 aliphatic rings. The quantitative estimate of drug-likeness (QED) is 0.525. The van der Waals surface area contributed by atoms with Crippen molar-refractivity contribution in [3.63, 3.8) is 0 Å². The van der Waals surface area contributed by atoms with Gasteiger partial charge >= 0.3 is 0 Å². The average molecular weight is 422 g/mol. The molecule has 2 rings (SSSR count). The standard InChI is InChI=1S/C21H22F3N3O3/c1-13(28)17(10-14-6-4-3-5-7-14)26-19(30)12-27(2)11-18(29)25-16-9-8-15(22)20(23)21(16)24/h3-9,17H,10-12H2,1-2H3,(H,25,29)(H,26,30)/p+1/t17-/m1/s1. The molecule has 0 aliphatic carbocycles. The Labute approximate surface area is 172 Å². The van der Waals surface area contributed by atoms with Crippen LogP contribution in [0, 0.1) is 17.5 Å². The predicted octanol–water partition coefficient (Wildman–Crippen LogP) is 0.874. The van der Waals surface area contributed by atoms with Crippen LogP contribution in [-0.2, 0) is 20.8 Å². The molecular weight excluding hydrogens is 399 g/mol. The first kappa shape index (κ1) is 23.1. The Morgan fingerprint density at radius 2 is 1.57 bits per heavy atom. The van der Waals surface area contributed by atoms with E-state index >= 15 is 0 Å². The lowest BCUT2D eigenvalue weighted by Crippen LogP contribution is -3.11. The van der Waals surface area contributed by atoms with E-state index in [0.717, 1.165) is 11.6 Å². The number of carbonyl (C=O) groups is 3. The minimum Gasteiger partial charge on any atom is -0.341 e. The zero-order chi connectivity index (χ0) is 22.3. The summed E-state index contributed by atoms with van der Waals surface area (Å²) in [6, 6.07) is 10.1. The summed E-state index contributed by atoms with van der Waals surface area (Å²) in [5.41, 5.74) is 0.405. The van der Waals surface area contributed by atoms with Gasteiger partial charge in [0.1, 0.15) is 0 Å². The summed E-state index contributed by atoms with van der Waals surface area (Å²) in [5, 5.41) is 4.80. The molecule has 0 fully saturated rings. The van der Waals surface area contributed by atoms with Gasteiger partial charge in [0.15, 0.2) is 36.3 Å². The van der Waals surface area contributed by atoms with Gasteiger partial charge in [-0.25, -0.2) is 13.2 Å². The fraction of sp³-hybridized carbons (Fsp3) is 0.286. The zero-order valence-electron chi connectivity index (χ0n) is 16.6. The highest BCUT2D eigenvalue weighted by Crippen LogP contribution is 2.19. The maximum absolute atomic E-state index is 13.6. The molecule has 2 amide bonds. The fourth-order valence-corrected chi connectivity index (χ4v) is 2.82. The third-order valence-corrected chi connectivity index (χ3v) is 4.34. The molecule has 1 unspecified atom stereocenters. The number of anilines is 1. The van der Waals surface area contributed by atoms with Crippen molar-refractivity contribution < 1.29 is 32.5 Å². The molecule has 0 radical (unpaired) electrons. The third-order valence-electron chi connectivity index (χ3n) is 4.34. The Bertz CT molecular complexity index is 922. The van der Waals surface area contributed by atoms with Crippen LogP contribution >= 0.6 is 0 Å². The molecule has 2 aromatic rings. The molecule has 0 heterocycles. The van der Waals surface area contributed by atoms with Crippen LogP contribution in [0.1, 0.15) is 12.5 Å². The first-order chi connectivity index (χ1) is 14.2. The van der Waals surface area contributed by atoms with Crippen LogP contribution in [0.5, 0.6) is 0 Å². The van der Waals surface area contributed by atoms with Gasteiger partial charge in [-0.3, -0.25) is 14.4 Å². The zero-order valence-corrected chi connectivity index (χ0v) is 16.6. The number of halogens is 3. The van der Waals surface area contributed by atoms with Gasteiger partial charge in [0, 0.05) is 0 Å². The van der Waals surface area contributed by atoms with Crippen LogP contribution in [-0.4, -0.2) is 43.8 Å². The van der Waals surface area contributed by atoms with E-state index in [1.165, 1.54) is 6.92 Å². The van der Waals surface area contributed by atoms with E-state index in [1.807, 2.05) is 30.3 Å². The highest BCUT2D eigenvalue weighted by atomic mass is 19.2. The van der Waals surface area contributed by atoms with Gasteiger partial charge in [-0.1, -0.05) is 30.3 Å². The molecule has 0 aliphatic heterocycles. The number of rotatable bonds is 9. The lowest BCUT2D eigenvalue weighted by atomic mass is 10.0. The Morgan fingerprint density at radius 3 is 2.20 bits per heavy atom. The molecule has 0 saturated carbocycles. The summed E-state index contributed by atoms with van der Waals surface area (Å²) >= 11 is 0. The molecule has 2 aromatic carbocycles. The van der Waals surface area contributed by atoms with E-state index < -0.39 is 41.0 Å². The van der Waals surface area contributed by atoms with Crippen LogP contribution < -0.4 is 15.5 Å². The smallest absolute Gasteiger partial charge is 0.279 e. The van der Waals surface area contributed by atoms with Crippen LogP contribution in [0.2, 0.25) is 0 Å². The van der Waals surface area contributed by atoms with Crippen LogP contribution in [0.3, 0.4) is 0 Å². The number of hydrogen-bond donors (Lipinski definition) is 3. The topological polar surface area (TPSA) is 79.7 Å². The molecule has 0 bridgehead atoms. The average Bonchev–Trinajstić information content (AvgIpc) is 2.68. The maximum atomic E-state index is 13.6. The number of hydrogen-bond acceptors (Lipinski definition) is 3. The first-order valence-electron chi connectivity index (χ1n) is 9.25. The number of nitrogens with one attached hydrogen (secondary N) is 3. The monoisotopic (exact) mass is 422 g/mol. The minimum atomic E-state index is -1.68. The van der Waals surface area contributed by atoms with Crippen molar-refractivity contribution in [2.45, 2.75) is 19.4 Å². The second kappa shape index (κ2) is 10.5. The van der Waals surface area contributed by atoms with Gasteiger partial charge in [0.2, 0.25) is 0 Å².